The van der Waals surface area contributed by atoms with Gasteiger partial charge in [0.1, 0.15) is 0 Å². The van der Waals surface area contributed by atoms with Crippen molar-refractivity contribution in [2.45, 2.75) is 53.2 Å². The van der Waals surface area contributed by atoms with Crippen molar-refractivity contribution >= 4 is 23.9 Å². The fourth-order valence-corrected chi connectivity index (χ4v) is 9.05. The summed E-state index contributed by atoms with van der Waals surface area (Å²) < 4.78 is 56.3. The highest BCUT2D eigenvalue weighted by atomic mass is 16.8. The molecule has 4 aliphatic heterocycles. The molecule has 0 aromatic rings. The van der Waals surface area contributed by atoms with Gasteiger partial charge in [-0.2, -0.15) is 0 Å². The molecule has 7 rings (SSSR count). The van der Waals surface area contributed by atoms with E-state index in [-0.39, 0.29) is 19.3 Å². The van der Waals surface area contributed by atoms with Crippen molar-refractivity contribution in [1.82, 2.24) is 0 Å². The molecule has 0 aromatic carbocycles. The summed E-state index contributed by atoms with van der Waals surface area (Å²) in [7, 11) is 9.95. The Hall–Kier alpha value is -2.36. The maximum atomic E-state index is 13.5. The van der Waals surface area contributed by atoms with Crippen LogP contribution in [0.4, 0.5) is 0 Å². The second-order valence-corrected chi connectivity index (χ2v) is 10.4. The van der Waals surface area contributed by atoms with E-state index in [0.29, 0.717) is 0 Å². The normalized spacial score (nSPS) is 43.5. The van der Waals surface area contributed by atoms with Crippen LogP contribution in [0.5, 0.6) is 0 Å². The molecule has 14 nitrogen and oxygen atoms in total. The molecule has 0 spiro atoms. The Morgan fingerprint density at radius 3 is 0.974 bits per heavy atom. The zero-order valence-electron chi connectivity index (χ0n) is 23.1. The predicted molar refractivity (Wildman–Crippen MR) is 122 cm³/mol. The van der Waals surface area contributed by atoms with Gasteiger partial charge in [-0.3, -0.25) is 0 Å². The van der Waals surface area contributed by atoms with Gasteiger partial charge < -0.3 is 47.4 Å². The summed E-state index contributed by atoms with van der Waals surface area (Å²) in [6.45, 7) is 0. The van der Waals surface area contributed by atoms with Crippen LogP contribution in [0.2, 0.25) is 0 Å². The third-order valence-electron chi connectivity index (χ3n) is 10.1. The van der Waals surface area contributed by atoms with E-state index in [1.54, 1.807) is 0 Å². The zero-order chi connectivity index (χ0) is 28.8. The van der Waals surface area contributed by atoms with E-state index in [9.17, 15) is 19.2 Å². The van der Waals surface area contributed by atoms with Crippen molar-refractivity contribution in [3.8, 4) is 0 Å². The van der Waals surface area contributed by atoms with E-state index in [0.717, 1.165) is 0 Å². The smallest absolute Gasteiger partial charge is 0.344 e. The minimum Gasteiger partial charge on any atom is -0.467 e. The van der Waals surface area contributed by atoms with E-state index in [1.165, 1.54) is 56.9 Å². The lowest BCUT2D eigenvalue weighted by Crippen LogP contribution is -2.84. The highest BCUT2D eigenvalue weighted by molar-refractivity contribution is 5.96. The molecule has 0 radical (unpaired) electrons. The van der Waals surface area contributed by atoms with Crippen LogP contribution in [0.1, 0.15) is 19.3 Å². The molecule has 4 bridgehead atoms. The Kier molecular flexibility index (Phi) is 6.19. The lowest BCUT2D eigenvalue weighted by Gasteiger charge is -2.59. The van der Waals surface area contributed by atoms with Gasteiger partial charge >= 0.3 is 23.9 Å². The Balaban J connectivity index is 1.73. The largest absolute Gasteiger partial charge is 0.467 e. The first-order valence-electron chi connectivity index (χ1n) is 12.5. The van der Waals surface area contributed by atoms with Crippen LogP contribution in [0, 0.1) is 23.7 Å². The third-order valence-corrected chi connectivity index (χ3v) is 10.1. The van der Waals surface area contributed by atoms with Gasteiger partial charge in [-0.05, 0) is 19.3 Å². The molecule has 0 N–H and O–H groups in total. The van der Waals surface area contributed by atoms with Crippen LogP contribution < -0.4 is 0 Å². The van der Waals surface area contributed by atoms with Crippen LogP contribution in [-0.2, 0) is 66.5 Å². The molecule has 3 saturated carbocycles. The number of esters is 4. The first-order chi connectivity index (χ1) is 18.5. The Bertz CT molecular complexity index is 1010. The Labute approximate surface area is 224 Å². The van der Waals surface area contributed by atoms with Gasteiger partial charge in [-0.15, -0.1) is 0 Å². The summed E-state index contributed by atoms with van der Waals surface area (Å²) in [5, 5.41) is 0. The average molecular weight is 559 g/mol. The second kappa shape index (κ2) is 8.57. The molecule has 4 saturated heterocycles. The number of methoxy groups -OCH3 is 8. The minimum absolute atomic E-state index is 0.0139. The summed E-state index contributed by atoms with van der Waals surface area (Å²) in [6, 6.07) is 0. The van der Waals surface area contributed by atoms with Crippen LogP contribution >= 0.6 is 0 Å². The standard InChI is InChI=1S/C25H34O14/c1-30-16(26)20-12-9-10-13-15(11-14(12)22(38-20,18(28)32-3)24(20,34-5)35-6)23(19(29)33-4)25(36-7,37-8)21(13,39-23)17(27)31-2/h12-15H,9-11H2,1-8H3/t12-,13+,14+,15-,20+,21-,22-,23+. The van der Waals surface area contributed by atoms with Crippen LogP contribution in [0.3, 0.4) is 0 Å². The van der Waals surface area contributed by atoms with Gasteiger partial charge in [0, 0.05) is 52.1 Å². The number of rotatable bonds is 8. The summed E-state index contributed by atoms with van der Waals surface area (Å²) in [6.07, 6.45) is 0.452. The van der Waals surface area contributed by atoms with Gasteiger partial charge in [0.15, 0.2) is 0 Å². The Morgan fingerprint density at radius 1 is 0.487 bits per heavy atom. The van der Waals surface area contributed by atoms with Crippen molar-refractivity contribution < 1.29 is 66.5 Å². The van der Waals surface area contributed by atoms with Crippen molar-refractivity contribution in [2.75, 3.05) is 56.9 Å². The fraction of sp³-hybridized carbons (Fsp3) is 0.840. The molecule has 4 heterocycles. The number of carbonyl (C=O) groups excluding carboxylic acids is 4. The Morgan fingerprint density at radius 2 is 0.744 bits per heavy atom. The first kappa shape index (κ1) is 28.2. The zero-order valence-corrected chi connectivity index (χ0v) is 23.1. The second-order valence-electron chi connectivity index (χ2n) is 10.4. The summed E-state index contributed by atoms with van der Waals surface area (Å²) in [5.74, 6) is -10.1. The lowest BCUT2D eigenvalue weighted by atomic mass is 9.72. The molecular weight excluding hydrogens is 524 g/mol. The van der Waals surface area contributed by atoms with Crippen LogP contribution in [0.15, 0.2) is 0 Å². The van der Waals surface area contributed by atoms with Crippen LogP contribution in [-0.4, -0.2) is 115 Å². The van der Waals surface area contributed by atoms with E-state index >= 15 is 0 Å². The molecule has 39 heavy (non-hydrogen) atoms. The van der Waals surface area contributed by atoms with Gasteiger partial charge in [-0.1, -0.05) is 0 Å². The maximum Gasteiger partial charge on any atom is 0.344 e. The van der Waals surface area contributed by atoms with Gasteiger partial charge in [-0.25, -0.2) is 19.2 Å². The molecule has 218 valence electrons. The number of hydrogen-bond donors (Lipinski definition) is 0. The van der Waals surface area contributed by atoms with E-state index in [1.807, 2.05) is 0 Å². The molecular formula is C25H34O14. The summed E-state index contributed by atoms with van der Waals surface area (Å²) in [4.78, 5) is 53.9. The van der Waals surface area contributed by atoms with E-state index < -0.39 is 81.5 Å². The first-order valence-corrected chi connectivity index (χ1v) is 12.5. The van der Waals surface area contributed by atoms with Crippen molar-refractivity contribution in [3.63, 3.8) is 0 Å². The molecule has 0 amide bonds. The lowest BCUT2D eigenvalue weighted by molar-refractivity contribution is -0.447. The molecule has 14 heteroatoms. The minimum atomic E-state index is -1.91. The third kappa shape index (κ3) is 2.36. The van der Waals surface area contributed by atoms with Gasteiger partial charge in [0.25, 0.3) is 0 Å². The predicted octanol–water partition coefficient (Wildman–Crippen LogP) is -0.652. The van der Waals surface area contributed by atoms with Gasteiger partial charge in [0.2, 0.25) is 34.0 Å². The number of hydrogen-bond acceptors (Lipinski definition) is 14. The van der Waals surface area contributed by atoms with Crippen LogP contribution in [0.25, 0.3) is 0 Å². The summed E-state index contributed by atoms with van der Waals surface area (Å²) in [5.41, 5.74) is -7.48. The molecule has 0 unspecified atom stereocenters. The summed E-state index contributed by atoms with van der Waals surface area (Å²) >= 11 is 0. The molecule has 0 aromatic heterocycles. The highest BCUT2D eigenvalue weighted by Gasteiger charge is 3.00. The van der Waals surface area contributed by atoms with Gasteiger partial charge in [0.05, 0.1) is 28.4 Å². The number of carbonyl (C=O) groups is 4. The van der Waals surface area contributed by atoms with Crippen molar-refractivity contribution in [1.29, 1.82) is 0 Å². The fourth-order valence-electron chi connectivity index (χ4n) is 9.05. The highest BCUT2D eigenvalue weighted by Crippen LogP contribution is 2.78. The topological polar surface area (TPSA) is 161 Å². The van der Waals surface area contributed by atoms with E-state index in [4.69, 9.17) is 47.4 Å². The van der Waals surface area contributed by atoms with Crippen molar-refractivity contribution in [3.05, 3.63) is 0 Å². The number of ether oxygens (including phenoxy) is 10. The van der Waals surface area contributed by atoms with Crippen molar-refractivity contribution in [2.24, 2.45) is 23.7 Å². The average Bonchev–Trinajstić information content (AvgIpc) is 3.49. The maximum absolute atomic E-state index is 13.5. The monoisotopic (exact) mass is 558 g/mol. The van der Waals surface area contributed by atoms with E-state index in [2.05, 4.69) is 0 Å². The molecule has 8 atom stereocenters. The molecule has 7 fully saturated rings. The quantitative estimate of drug-likeness (QED) is 0.210. The molecule has 7 aliphatic rings. The SMILES string of the molecule is COC(=O)[C@@]12O[C@@](C(=O)OC)([C@H]3CC[C@@H]4[C@H](C[C@H]31)[C@]1(C(=O)OC)O[C@@]4(C(=O)OC)C1(OC)OC)C2(OC)OC. The molecule has 3 aliphatic carbocycles.